The van der Waals surface area contributed by atoms with E-state index in [0.29, 0.717) is 5.02 Å². The lowest BCUT2D eigenvalue weighted by atomic mass is 10.2. The highest BCUT2D eigenvalue weighted by atomic mass is 35.5. The first-order valence-electron chi connectivity index (χ1n) is 5.16. The predicted octanol–water partition coefficient (Wildman–Crippen LogP) is 3.23. The molecule has 1 aromatic rings. The summed E-state index contributed by atoms with van der Waals surface area (Å²) in [5, 5.41) is 4.80. The maximum atomic E-state index is 5.85. The second kappa shape index (κ2) is 4.99. The molecule has 1 saturated heterocycles. The SMILES string of the molecule is Nc1cc(Cl)ccc1NCC1CCCS1. The van der Waals surface area contributed by atoms with Crippen molar-refractivity contribution in [3.8, 4) is 0 Å². The summed E-state index contributed by atoms with van der Waals surface area (Å²) in [6.45, 7) is 0.997. The molecule has 0 aliphatic carbocycles. The Morgan fingerprint density at radius 3 is 3.07 bits per heavy atom. The Morgan fingerprint density at radius 2 is 2.40 bits per heavy atom. The molecule has 0 saturated carbocycles. The number of anilines is 2. The summed E-state index contributed by atoms with van der Waals surface area (Å²) >= 11 is 7.87. The van der Waals surface area contributed by atoms with Gasteiger partial charge >= 0.3 is 0 Å². The molecule has 1 atom stereocenters. The van der Waals surface area contributed by atoms with Crippen LogP contribution in [0.25, 0.3) is 0 Å². The van der Waals surface area contributed by atoms with Crippen LogP contribution in [0.15, 0.2) is 18.2 Å². The zero-order valence-electron chi connectivity index (χ0n) is 8.50. The van der Waals surface area contributed by atoms with E-state index in [1.807, 2.05) is 23.9 Å². The van der Waals surface area contributed by atoms with Crippen LogP contribution >= 0.6 is 23.4 Å². The van der Waals surface area contributed by atoms with Crippen LogP contribution in [0.3, 0.4) is 0 Å². The number of thioether (sulfide) groups is 1. The Morgan fingerprint density at radius 1 is 1.53 bits per heavy atom. The van der Waals surface area contributed by atoms with Gasteiger partial charge in [0.25, 0.3) is 0 Å². The minimum absolute atomic E-state index is 0.688. The van der Waals surface area contributed by atoms with E-state index < -0.39 is 0 Å². The first-order chi connectivity index (χ1) is 7.25. The summed E-state index contributed by atoms with van der Waals surface area (Å²) in [7, 11) is 0. The smallest absolute Gasteiger partial charge is 0.0575 e. The van der Waals surface area contributed by atoms with Crippen molar-refractivity contribution in [1.29, 1.82) is 0 Å². The zero-order chi connectivity index (χ0) is 10.7. The highest BCUT2D eigenvalue weighted by Gasteiger charge is 2.15. The van der Waals surface area contributed by atoms with Gasteiger partial charge in [0, 0.05) is 16.8 Å². The molecule has 0 radical (unpaired) electrons. The molecule has 15 heavy (non-hydrogen) atoms. The predicted molar refractivity (Wildman–Crippen MR) is 69.8 cm³/mol. The average Bonchev–Trinajstić information content (AvgIpc) is 2.69. The quantitative estimate of drug-likeness (QED) is 0.800. The molecule has 1 fully saturated rings. The van der Waals surface area contributed by atoms with E-state index in [1.54, 1.807) is 6.07 Å². The Hall–Kier alpha value is -0.540. The number of nitrogens with one attached hydrogen (secondary N) is 1. The molecule has 4 heteroatoms. The molecule has 1 heterocycles. The highest BCUT2D eigenvalue weighted by Crippen LogP contribution is 2.28. The van der Waals surface area contributed by atoms with Crippen molar-refractivity contribution in [1.82, 2.24) is 0 Å². The van der Waals surface area contributed by atoms with Gasteiger partial charge in [0.15, 0.2) is 0 Å². The van der Waals surface area contributed by atoms with Crippen LogP contribution < -0.4 is 11.1 Å². The molecular weight excluding hydrogens is 228 g/mol. The number of hydrogen-bond donors (Lipinski definition) is 2. The third-order valence-corrected chi connectivity index (χ3v) is 4.19. The molecule has 1 unspecified atom stereocenters. The van der Waals surface area contributed by atoms with E-state index in [-0.39, 0.29) is 0 Å². The van der Waals surface area contributed by atoms with E-state index in [4.69, 9.17) is 17.3 Å². The third-order valence-electron chi connectivity index (χ3n) is 2.56. The van der Waals surface area contributed by atoms with E-state index in [1.165, 1.54) is 18.6 Å². The molecule has 0 amide bonds. The van der Waals surface area contributed by atoms with Crippen molar-refractivity contribution in [2.75, 3.05) is 23.3 Å². The monoisotopic (exact) mass is 242 g/mol. The lowest BCUT2D eigenvalue weighted by Crippen LogP contribution is -2.14. The maximum Gasteiger partial charge on any atom is 0.0575 e. The summed E-state index contributed by atoms with van der Waals surface area (Å²) in [6.07, 6.45) is 2.65. The molecule has 2 nitrogen and oxygen atoms in total. The fraction of sp³-hybridized carbons (Fsp3) is 0.455. The lowest BCUT2D eigenvalue weighted by Gasteiger charge is -2.13. The minimum Gasteiger partial charge on any atom is -0.397 e. The second-order valence-corrected chi connectivity index (χ2v) is 5.59. The van der Waals surface area contributed by atoms with Crippen molar-refractivity contribution in [3.05, 3.63) is 23.2 Å². The number of hydrogen-bond acceptors (Lipinski definition) is 3. The molecular formula is C11H15ClN2S. The molecule has 0 spiro atoms. The standard InChI is InChI=1S/C11H15ClN2S/c12-8-3-4-11(10(13)6-8)14-7-9-2-1-5-15-9/h3-4,6,9,14H,1-2,5,7,13H2. The summed E-state index contributed by atoms with van der Waals surface area (Å²) in [6, 6.07) is 5.59. The largest absolute Gasteiger partial charge is 0.397 e. The summed E-state index contributed by atoms with van der Waals surface area (Å²) in [4.78, 5) is 0. The first kappa shape index (κ1) is 11.0. The van der Waals surface area contributed by atoms with Gasteiger partial charge in [-0.1, -0.05) is 11.6 Å². The zero-order valence-corrected chi connectivity index (χ0v) is 10.1. The van der Waals surface area contributed by atoms with Gasteiger partial charge in [-0.2, -0.15) is 11.8 Å². The normalized spacial score (nSPS) is 20.5. The fourth-order valence-electron chi connectivity index (χ4n) is 1.72. The van der Waals surface area contributed by atoms with Gasteiger partial charge in [0.1, 0.15) is 0 Å². The number of benzene rings is 1. The Bertz CT molecular complexity index is 337. The molecule has 3 N–H and O–H groups in total. The summed E-state index contributed by atoms with van der Waals surface area (Å²) in [5.74, 6) is 1.29. The van der Waals surface area contributed by atoms with E-state index >= 15 is 0 Å². The minimum atomic E-state index is 0.688. The van der Waals surface area contributed by atoms with E-state index in [0.717, 1.165) is 23.2 Å². The van der Waals surface area contributed by atoms with Gasteiger partial charge in [0.05, 0.1) is 11.4 Å². The van der Waals surface area contributed by atoms with Crippen molar-refractivity contribution in [2.45, 2.75) is 18.1 Å². The Labute approximate surface area is 99.6 Å². The van der Waals surface area contributed by atoms with Crippen molar-refractivity contribution in [2.24, 2.45) is 0 Å². The number of nitrogen functional groups attached to an aromatic ring is 1. The van der Waals surface area contributed by atoms with Crippen LogP contribution in [-0.4, -0.2) is 17.5 Å². The van der Waals surface area contributed by atoms with Gasteiger partial charge in [-0.3, -0.25) is 0 Å². The van der Waals surface area contributed by atoms with Crippen molar-refractivity contribution >= 4 is 34.7 Å². The third kappa shape index (κ3) is 2.95. The number of nitrogens with two attached hydrogens (primary N) is 1. The van der Waals surface area contributed by atoms with Gasteiger partial charge in [-0.05, 0) is 36.8 Å². The lowest BCUT2D eigenvalue weighted by molar-refractivity contribution is 0.806. The van der Waals surface area contributed by atoms with Gasteiger partial charge in [-0.25, -0.2) is 0 Å². The highest BCUT2D eigenvalue weighted by molar-refractivity contribution is 8.00. The van der Waals surface area contributed by atoms with Gasteiger partial charge in [-0.15, -0.1) is 0 Å². The Kier molecular flexibility index (Phi) is 3.65. The molecule has 0 bridgehead atoms. The number of rotatable bonds is 3. The Balaban J connectivity index is 1.92. The maximum absolute atomic E-state index is 5.85. The van der Waals surface area contributed by atoms with Gasteiger partial charge < -0.3 is 11.1 Å². The first-order valence-corrected chi connectivity index (χ1v) is 6.59. The van der Waals surface area contributed by atoms with Crippen LogP contribution in [0.4, 0.5) is 11.4 Å². The topological polar surface area (TPSA) is 38.0 Å². The van der Waals surface area contributed by atoms with Crippen LogP contribution in [-0.2, 0) is 0 Å². The summed E-state index contributed by atoms with van der Waals surface area (Å²) in [5.41, 5.74) is 7.57. The summed E-state index contributed by atoms with van der Waals surface area (Å²) < 4.78 is 0. The molecule has 1 aliphatic heterocycles. The van der Waals surface area contributed by atoms with E-state index in [2.05, 4.69) is 5.32 Å². The molecule has 1 aliphatic rings. The molecule has 82 valence electrons. The van der Waals surface area contributed by atoms with Crippen LogP contribution in [0.5, 0.6) is 0 Å². The van der Waals surface area contributed by atoms with Crippen molar-refractivity contribution < 1.29 is 0 Å². The number of halogens is 1. The second-order valence-electron chi connectivity index (χ2n) is 3.75. The van der Waals surface area contributed by atoms with Crippen LogP contribution in [0, 0.1) is 0 Å². The molecule has 2 rings (SSSR count). The van der Waals surface area contributed by atoms with Crippen molar-refractivity contribution in [3.63, 3.8) is 0 Å². The van der Waals surface area contributed by atoms with Gasteiger partial charge in [0.2, 0.25) is 0 Å². The van der Waals surface area contributed by atoms with Crippen LogP contribution in [0.1, 0.15) is 12.8 Å². The van der Waals surface area contributed by atoms with E-state index in [9.17, 15) is 0 Å². The van der Waals surface area contributed by atoms with Crippen LogP contribution in [0.2, 0.25) is 5.02 Å². The molecule has 0 aromatic heterocycles. The fourth-order valence-corrected chi connectivity index (χ4v) is 3.11. The molecule has 1 aromatic carbocycles. The average molecular weight is 243 g/mol.